The van der Waals surface area contributed by atoms with E-state index in [1.807, 2.05) is 0 Å². The fourth-order valence-corrected chi connectivity index (χ4v) is 2.36. The van der Waals surface area contributed by atoms with Gasteiger partial charge in [0.25, 0.3) is 0 Å². The van der Waals surface area contributed by atoms with Crippen LogP contribution in [0.25, 0.3) is 0 Å². The summed E-state index contributed by atoms with van der Waals surface area (Å²) in [6.45, 7) is 7.98. The second-order valence-electron chi connectivity index (χ2n) is 4.61. The molecule has 0 saturated carbocycles. The zero-order valence-electron chi connectivity index (χ0n) is 10.2. The SMILES string of the molecule is CCNC(CO)CCN1CCCCC1C. The maximum atomic E-state index is 9.17. The Bertz CT molecular complexity index is 164. The lowest BCUT2D eigenvalue weighted by atomic mass is 10.0. The Labute approximate surface area is 93.9 Å². The summed E-state index contributed by atoms with van der Waals surface area (Å²) in [5.74, 6) is 0. The smallest absolute Gasteiger partial charge is 0.0585 e. The standard InChI is InChI=1S/C12H26N2O/c1-3-13-12(10-15)7-9-14-8-5-4-6-11(14)2/h11-13,15H,3-10H2,1-2H3. The molecule has 1 saturated heterocycles. The molecule has 1 rings (SSSR count). The van der Waals surface area contributed by atoms with Crippen LogP contribution in [0.1, 0.15) is 39.5 Å². The number of nitrogens with zero attached hydrogens (tertiary/aromatic N) is 1. The number of nitrogens with one attached hydrogen (secondary N) is 1. The first-order valence-electron chi connectivity index (χ1n) is 6.36. The topological polar surface area (TPSA) is 35.5 Å². The second-order valence-corrected chi connectivity index (χ2v) is 4.61. The lowest BCUT2D eigenvalue weighted by molar-refractivity contribution is 0.143. The average Bonchev–Trinajstić information content (AvgIpc) is 2.26. The van der Waals surface area contributed by atoms with E-state index in [1.54, 1.807) is 0 Å². The number of hydrogen-bond donors (Lipinski definition) is 2. The Morgan fingerprint density at radius 2 is 2.27 bits per heavy atom. The molecule has 2 atom stereocenters. The van der Waals surface area contributed by atoms with E-state index in [0.717, 1.165) is 25.6 Å². The summed E-state index contributed by atoms with van der Waals surface area (Å²) in [5, 5.41) is 12.5. The van der Waals surface area contributed by atoms with E-state index in [4.69, 9.17) is 0 Å². The Morgan fingerprint density at radius 3 is 2.87 bits per heavy atom. The first-order chi connectivity index (χ1) is 7.27. The minimum atomic E-state index is 0.260. The van der Waals surface area contributed by atoms with Gasteiger partial charge in [-0.3, -0.25) is 0 Å². The zero-order valence-corrected chi connectivity index (χ0v) is 10.2. The van der Waals surface area contributed by atoms with Gasteiger partial charge in [-0.05, 0) is 45.8 Å². The number of likely N-dealkylation sites (N-methyl/N-ethyl adjacent to an activating group) is 1. The van der Waals surface area contributed by atoms with E-state index < -0.39 is 0 Å². The Balaban J connectivity index is 2.21. The molecule has 0 aromatic heterocycles. The molecule has 1 heterocycles. The van der Waals surface area contributed by atoms with Crippen LogP contribution in [0, 0.1) is 0 Å². The predicted molar refractivity (Wildman–Crippen MR) is 64.1 cm³/mol. The maximum absolute atomic E-state index is 9.17. The molecule has 2 N–H and O–H groups in total. The molecule has 0 bridgehead atoms. The van der Waals surface area contributed by atoms with E-state index in [1.165, 1.54) is 25.8 Å². The highest BCUT2D eigenvalue weighted by Gasteiger charge is 2.18. The summed E-state index contributed by atoms with van der Waals surface area (Å²) in [6.07, 6.45) is 5.13. The van der Waals surface area contributed by atoms with Crippen LogP contribution in [0.2, 0.25) is 0 Å². The normalized spacial score (nSPS) is 25.4. The third-order valence-electron chi connectivity index (χ3n) is 3.42. The summed E-state index contributed by atoms with van der Waals surface area (Å²) in [7, 11) is 0. The van der Waals surface area contributed by atoms with Gasteiger partial charge in [0.15, 0.2) is 0 Å². The third kappa shape index (κ3) is 4.49. The molecule has 0 amide bonds. The van der Waals surface area contributed by atoms with Gasteiger partial charge < -0.3 is 15.3 Å². The Morgan fingerprint density at radius 1 is 1.47 bits per heavy atom. The van der Waals surface area contributed by atoms with Crippen molar-refractivity contribution in [2.75, 3.05) is 26.2 Å². The molecule has 15 heavy (non-hydrogen) atoms. The molecule has 0 spiro atoms. The molecule has 1 fully saturated rings. The summed E-state index contributed by atoms with van der Waals surface area (Å²) < 4.78 is 0. The molecule has 2 unspecified atom stereocenters. The lowest BCUT2D eigenvalue weighted by Crippen LogP contribution is -2.42. The van der Waals surface area contributed by atoms with Gasteiger partial charge in [-0.15, -0.1) is 0 Å². The molecule has 3 heteroatoms. The number of rotatable bonds is 6. The van der Waals surface area contributed by atoms with Crippen molar-refractivity contribution in [2.45, 2.75) is 51.6 Å². The minimum absolute atomic E-state index is 0.260. The summed E-state index contributed by atoms with van der Waals surface area (Å²) in [5.41, 5.74) is 0. The van der Waals surface area contributed by atoms with E-state index in [-0.39, 0.29) is 12.6 Å². The third-order valence-corrected chi connectivity index (χ3v) is 3.42. The molecular formula is C12H26N2O. The lowest BCUT2D eigenvalue weighted by Gasteiger charge is -2.34. The molecule has 0 aromatic rings. The van der Waals surface area contributed by atoms with Crippen LogP contribution in [-0.4, -0.2) is 48.3 Å². The highest BCUT2D eigenvalue weighted by atomic mass is 16.3. The van der Waals surface area contributed by atoms with Gasteiger partial charge in [-0.1, -0.05) is 13.3 Å². The Kier molecular flexibility index (Phi) is 6.22. The van der Waals surface area contributed by atoms with Gasteiger partial charge >= 0.3 is 0 Å². The second kappa shape index (κ2) is 7.20. The first-order valence-corrected chi connectivity index (χ1v) is 6.36. The number of hydrogen-bond acceptors (Lipinski definition) is 3. The van der Waals surface area contributed by atoms with E-state index in [0.29, 0.717) is 0 Å². The predicted octanol–water partition coefficient (Wildman–Crippen LogP) is 1.22. The maximum Gasteiger partial charge on any atom is 0.0585 e. The summed E-state index contributed by atoms with van der Waals surface area (Å²) >= 11 is 0. The largest absolute Gasteiger partial charge is 0.395 e. The van der Waals surface area contributed by atoms with Crippen LogP contribution in [-0.2, 0) is 0 Å². The van der Waals surface area contributed by atoms with Crippen molar-refractivity contribution in [2.24, 2.45) is 0 Å². The van der Waals surface area contributed by atoms with Crippen LogP contribution < -0.4 is 5.32 Å². The van der Waals surface area contributed by atoms with Crippen molar-refractivity contribution in [3.63, 3.8) is 0 Å². The molecule has 0 radical (unpaired) electrons. The number of likely N-dealkylation sites (tertiary alicyclic amines) is 1. The van der Waals surface area contributed by atoms with Crippen molar-refractivity contribution in [1.29, 1.82) is 0 Å². The van der Waals surface area contributed by atoms with Gasteiger partial charge in [0.2, 0.25) is 0 Å². The molecule has 1 aliphatic rings. The molecular weight excluding hydrogens is 188 g/mol. The van der Waals surface area contributed by atoms with Crippen molar-refractivity contribution in [1.82, 2.24) is 10.2 Å². The minimum Gasteiger partial charge on any atom is -0.395 e. The Hall–Kier alpha value is -0.120. The van der Waals surface area contributed by atoms with Gasteiger partial charge in [-0.2, -0.15) is 0 Å². The molecule has 0 aliphatic carbocycles. The van der Waals surface area contributed by atoms with E-state index in [9.17, 15) is 5.11 Å². The number of aliphatic hydroxyl groups excluding tert-OH is 1. The van der Waals surface area contributed by atoms with Crippen LogP contribution in [0.3, 0.4) is 0 Å². The average molecular weight is 214 g/mol. The quantitative estimate of drug-likeness (QED) is 0.698. The van der Waals surface area contributed by atoms with Crippen molar-refractivity contribution >= 4 is 0 Å². The van der Waals surface area contributed by atoms with Gasteiger partial charge in [0.1, 0.15) is 0 Å². The van der Waals surface area contributed by atoms with Crippen LogP contribution in [0.4, 0.5) is 0 Å². The van der Waals surface area contributed by atoms with Crippen molar-refractivity contribution in [3.05, 3.63) is 0 Å². The van der Waals surface area contributed by atoms with E-state index in [2.05, 4.69) is 24.1 Å². The molecule has 1 aliphatic heterocycles. The van der Waals surface area contributed by atoms with Crippen LogP contribution in [0.5, 0.6) is 0 Å². The van der Waals surface area contributed by atoms with Crippen molar-refractivity contribution in [3.8, 4) is 0 Å². The summed E-state index contributed by atoms with van der Waals surface area (Å²) in [4.78, 5) is 2.56. The molecule has 0 aromatic carbocycles. The fraction of sp³-hybridized carbons (Fsp3) is 1.00. The highest BCUT2D eigenvalue weighted by Crippen LogP contribution is 2.16. The van der Waals surface area contributed by atoms with Crippen molar-refractivity contribution < 1.29 is 5.11 Å². The molecule has 90 valence electrons. The number of piperidine rings is 1. The van der Waals surface area contributed by atoms with Crippen LogP contribution >= 0.6 is 0 Å². The monoisotopic (exact) mass is 214 g/mol. The van der Waals surface area contributed by atoms with E-state index >= 15 is 0 Å². The van der Waals surface area contributed by atoms with Gasteiger partial charge in [0, 0.05) is 12.1 Å². The van der Waals surface area contributed by atoms with Gasteiger partial charge in [0.05, 0.1) is 6.61 Å². The van der Waals surface area contributed by atoms with Crippen LogP contribution in [0.15, 0.2) is 0 Å². The summed E-state index contributed by atoms with van der Waals surface area (Å²) in [6, 6.07) is 1.02. The zero-order chi connectivity index (χ0) is 11.1. The first kappa shape index (κ1) is 12.9. The highest BCUT2D eigenvalue weighted by molar-refractivity contribution is 4.75. The number of aliphatic hydroxyl groups is 1. The van der Waals surface area contributed by atoms with Gasteiger partial charge in [-0.25, -0.2) is 0 Å². The fourth-order valence-electron chi connectivity index (χ4n) is 2.36. The molecule has 3 nitrogen and oxygen atoms in total.